The average Bonchev–Trinajstić information content (AvgIpc) is 2.52. The van der Waals surface area contributed by atoms with E-state index >= 15 is 0 Å². The zero-order valence-corrected chi connectivity index (χ0v) is 13.2. The molecule has 1 aliphatic rings. The second kappa shape index (κ2) is 6.05. The van der Waals surface area contributed by atoms with Crippen LogP contribution in [0, 0.1) is 0 Å². The third-order valence-corrected chi connectivity index (χ3v) is 4.33. The van der Waals surface area contributed by atoms with Crippen LogP contribution < -0.4 is 10.6 Å². The summed E-state index contributed by atoms with van der Waals surface area (Å²) in [6, 6.07) is 2.93. The fourth-order valence-electron chi connectivity index (χ4n) is 2.55. The number of nitrogens with one attached hydrogen (secondary N) is 2. The minimum Gasteiger partial charge on any atom is -0.504 e. The first-order chi connectivity index (χ1) is 10.5. The molecule has 0 bridgehead atoms. The van der Waals surface area contributed by atoms with Gasteiger partial charge in [-0.2, -0.15) is 0 Å². The van der Waals surface area contributed by atoms with Gasteiger partial charge in [-0.25, -0.2) is 4.98 Å². The summed E-state index contributed by atoms with van der Waals surface area (Å²) < 4.78 is 0.555. The summed E-state index contributed by atoms with van der Waals surface area (Å²) >= 11 is 3.25. The molecular formula is C14H15BrN4O3. The normalized spacial score (nSPS) is 21.7. The molecule has 0 amide bonds. The van der Waals surface area contributed by atoms with Gasteiger partial charge in [0, 0.05) is 6.04 Å². The Labute approximate surface area is 134 Å². The molecule has 8 heteroatoms. The van der Waals surface area contributed by atoms with E-state index < -0.39 is 12.0 Å². The number of hydrogen-bond acceptors (Lipinski definition) is 6. The first-order valence-electron chi connectivity index (χ1n) is 6.91. The standard InChI is InChI=1S/C14H15BrN4O3/c15-8-1-2-9-12(13(8)20)19-11(6-17-9)18-7-3-4-16-10(5-7)14(21)22/h1-2,6-7,10,16,20H,3-5H2,(H,18,19)(H,21,22)/t7?,10-/m0/s1. The largest absolute Gasteiger partial charge is 0.504 e. The van der Waals surface area contributed by atoms with Crippen LogP contribution in [0.25, 0.3) is 11.0 Å². The van der Waals surface area contributed by atoms with Crippen LogP contribution >= 0.6 is 15.9 Å². The predicted octanol–water partition coefficient (Wildman–Crippen LogP) is 1.71. The van der Waals surface area contributed by atoms with Crippen LogP contribution in [0.3, 0.4) is 0 Å². The van der Waals surface area contributed by atoms with Crippen molar-refractivity contribution in [2.45, 2.75) is 24.9 Å². The Kier molecular flexibility index (Phi) is 4.12. The number of hydrogen-bond donors (Lipinski definition) is 4. The van der Waals surface area contributed by atoms with E-state index in [-0.39, 0.29) is 11.8 Å². The van der Waals surface area contributed by atoms with Gasteiger partial charge in [0.25, 0.3) is 0 Å². The number of carbonyl (C=O) groups is 1. The van der Waals surface area contributed by atoms with Gasteiger partial charge in [-0.15, -0.1) is 0 Å². The smallest absolute Gasteiger partial charge is 0.320 e. The summed E-state index contributed by atoms with van der Waals surface area (Å²) in [5.41, 5.74) is 1.00. The number of carboxylic acids is 1. The third kappa shape index (κ3) is 2.97. The monoisotopic (exact) mass is 366 g/mol. The van der Waals surface area contributed by atoms with Crippen molar-refractivity contribution in [3.8, 4) is 5.75 Å². The zero-order chi connectivity index (χ0) is 15.7. The van der Waals surface area contributed by atoms with Gasteiger partial charge in [0.2, 0.25) is 0 Å². The first kappa shape index (κ1) is 15.0. The van der Waals surface area contributed by atoms with Crippen molar-refractivity contribution in [1.82, 2.24) is 15.3 Å². The fourth-order valence-corrected chi connectivity index (χ4v) is 2.87. The Bertz CT molecular complexity index is 725. The molecule has 2 atom stereocenters. The van der Waals surface area contributed by atoms with E-state index in [0.717, 1.165) is 6.42 Å². The van der Waals surface area contributed by atoms with Crippen molar-refractivity contribution in [3.05, 3.63) is 22.8 Å². The Morgan fingerprint density at radius 1 is 1.45 bits per heavy atom. The molecule has 2 heterocycles. The fraction of sp³-hybridized carbons (Fsp3) is 0.357. The molecule has 0 spiro atoms. The number of phenolic OH excluding ortho intramolecular Hbond substituents is 1. The topological polar surface area (TPSA) is 107 Å². The highest BCUT2D eigenvalue weighted by atomic mass is 79.9. The highest BCUT2D eigenvalue weighted by Crippen LogP contribution is 2.31. The van der Waals surface area contributed by atoms with Gasteiger partial charge in [0.05, 0.1) is 16.2 Å². The second-order valence-electron chi connectivity index (χ2n) is 5.23. The van der Waals surface area contributed by atoms with Gasteiger partial charge in [-0.1, -0.05) is 0 Å². The lowest BCUT2D eigenvalue weighted by molar-refractivity contribution is -0.140. The van der Waals surface area contributed by atoms with Gasteiger partial charge in [0.1, 0.15) is 17.4 Å². The first-order valence-corrected chi connectivity index (χ1v) is 7.71. The molecule has 1 unspecified atom stereocenters. The number of carboxylic acid groups (broad SMARTS) is 1. The Morgan fingerprint density at radius 3 is 3.05 bits per heavy atom. The molecule has 7 nitrogen and oxygen atoms in total. The summed E-state index contributed by atoms with van der Waals surface area (Å²) in [7, 11) is 0. The number of piperidine rings is 1. The molecule has 1 aromatic carbocycles. The maximum Gasteiger partial charge on any atom is 0.320 e. The number of halogens is 1. The van der Waals surface area contributed by atoms with Crippen molar-refractivity contribution in [2.75, 3.05) is 11.9 Å². The summed E-state index contributed by atoms with van der Waals surface area (Å²) in [4.78, 5) is 19.7. The maximum atomic E-state index is 11.1. The molecule has 0 radical (unpaired) electrons. The molecule has 0 saturated carbocycles. The molecule has 1 fully saturated rings. The molecule has 22 heavy (non-hydrogen) atoms. The molecule has 1 aliphatic heterocycles. The van der Waals surface area contributed by atoms with E-state index in [1.54, 1.807) is 18.3 Å². The Hall–Kier alpha value is -1.93. The Morgan fingerprint density at radius 2 is 2.27 bits per heavy atom. The van der Waals surface area contributed by atoms with Gasteiger partial charge in [-0.05, 0) is 47.4 Å². The van der Waals surface area contributed by atoms with Crippen LogP contribution in [-0.2, 0) is 4.79 Å². The van der Waals surface area contributed by atoms with Gasteiger partial charge >= 0.3 is 5.97 Å². The van der Waals surface area contributed by atoms with Gasteiger partial charge in [0.15, 0.2) is 5.75 Å². The van der Waals surface area contributed by atoms with Crippen molar-refractivity contribution >= 4 is 38.8 Å². The van der Waals surface area contributed by atoms with E-state index in [9.17, 15) is 9.90 Å². The van der Waals surface area contributed by atoms with Crippen LogP contribution in [0.4, 0.5) is 5.82 Å². The summed E-state index contributed by atoms with van der Waals surface area (Å²) in [6.07, 6.45) is 2.86. The molecule has 1 aromatic heterocycles. The third-order valence-electron chi connectivity index (χ3n) is 3.69. The number of benzene rings is 1. The van der Waals surface area contributed by atoms with Crippen LogP contribution in [-0.4, -0.2) is 44.8 Å². The summed E-state index contributed by atoms with van der Waals surface area (Å²) in [5.74, 6) is -0.281. The maximum absolute atomic E-state index is 11.1. The summed E-state index contributed by atoms with van der Waals surface area (Å²) in [5, 5.41) is 25.3. The number of phenols is 1. The summed E-state index contributed by atoms with van der Waals surface area (Å²) in [6.45, 7) is 0.631. The molecule has 1 saturated heterocycles. The van der Waals surface area contributed by atoms with E-state index in [2.05, 4.69) is 36.5 Å². The zero-order valence-electron chi connectivity index (χ0n) is 11.6. The second-order valence-corrected chi connectivity index (χ2v) is 6.08. The van der Waals surface area contributed by atoms with E-state index in [1.807, 2.05) is 0 Å². The molecule has 0 aliphatic carbocycles. The number of aromatic nitrogens is 2. The number of nitrogens with zero attached hydrogens (tertiary/aromatic N) is 2. The van der Waals surface area contributed by atoms with Crippen molar-refractivity contribution in [3.63, 3.8) is 0 Å². The lowest BCUT2D eigenvalue weighted by Crippen LogP contribution is -2.47. The van der Waals surface area contributed by atoms with E-state index in [0.29, 0.717) is 34.3 Å². The van der Waals surface area contributed by atoms with E-state index in [4.69, 9.17) is 5.11 Å². The predicted molar refractivity (Wildman–Crippen MR) is 85.0 cm³/mol. The van der Waals surface area contributed by atoms with Crippen LogP contribution in [0.2, 0.25) is 0 Å². The van der Waals surface area contributed by atoms with Crippen molar-refractivity contribution < 1.29 is 15.0 Å². The molecule has 2 aromatic rings. The minimum absolute atomic E-state index is 0.00314. The van der Waals surface area contributed by atoms with Crippen LogP contribution in [0.15, 0.2) is 22.8 Å². The van der Waals surface area contributed by atoms with E-state index in [1.165, 1.54) is 0 Å². The van der Waals surface area contributed by atoms with Gasteiger partial charge < -0.3 is 20.8 Å². The number of aromatic hydroxyl groups is 1. The van der Waals surface area contributed by atoms with Crippen molar-refractivity contribution in [2.24, 2.45) is 0 Å². The quantitative estimate of drug-likeness (QED) is 0.654. The lowest BCUT2D eigenvalue weighted by atomic mass is 9.99. The molecule has 116 valence electrons. The average molecular weight is 367 g/mol. The molecule has 3 rings (SSSR count). The number of rotatable bonds is 3. The number of anilines is 1. The Balaban J connectivity index is 1.82. The lowest BCUT2D eigenvalue weighted by Gasteiger charge is -2.28. The van der Waals surface area contributed by atoms with Crippen LogP contribution in [0.5, 0.6) is 5.75 Å². The number of fused-ring (bicyclic) bond motifs is 1. The highest BCUT2D eigenvalue weighted by molar-refractivity contribution is 9.10. The number of aliphatic carboxylic acids is 1. The van der Waals surface area contributed by atoms with Gasteiger partial charge in [-0.3, -0.25) is 9.78 Å². The SMILES string of the molecule is O=C(O)[C@@H]1CC(Nc2cnc3ccc(Br)c(O)c3n2)CCN1. The highest BCUT2D eigenvalue weighted by Gasteiger charge is 2.26. The molecule has 4 N–H and O–H groups in total. The van der Waals surface area contributed by atoms with Crippen LogP contribution in [0.1, 0.15) is 12.8 Å². The minimum atomic E-state index is -0.849. The van der Waals surface area contributed by atoms with Crippen molar-refractivity contribution in [1.29, 1.82) is 0 Å². The molecular weight excluding hydrogens is 352 g/mol.